The number of nitrogens with one attached hydrogen (secondary N) is 9. The number of phenols is 1. The summed E-state index contributed by atoms with van der Waals surface area (Å²) in [5.74, 6) is -19.9. The van der Waals surface area contributed by atoms with Crippen LogP contribution in [0.25, 0.3) is 0 Å². The van der Waals surface area contributed by atoms with Crippen molar-refractivity contribution in [2.45, 2.75) is 340 Å². The van der Waals surface area contributed by atoms with Crippen LogP contribution in [0.4, 0.5) is 0 Å². The van der Waals surface area contributed by atoms with Crippen LogP contribution in [0.15, 0.2) is 46.8 Å². The summed E-state index contributed by atoms with van der Waals surface area (Å²) in [5, 5.41) is 64.0. The number of primary amides is 1. The highest BCUT2D eigenvalue weighted by Crippen LogP contribution is 2.26. The lowest BCUT2D eigenvalue weighted by molar-refractivity contribution is -0.142. The van der Waals surface area contributed by atoms with Crippen molar-refractivity contribution < 1.29 is 92.3 Å². The number of carbonyl (C=O) groups excluding carboxylic acids is 14. The summed E-state index contributed by atoms with van der Waals surface area (Å²) in [4.78, 5) is 229. The molecule has 0 fully saturated rings. The number of guanidine groups is 2. The van der Waals surface area contributed by atoms with Gasteiger partial charge in [0.2, 0.25) is 53.2 Å². The van der Waals surface area contributed by atoms with Gasteiger partial charge in [0.25, 0.3) is 0 Å². The van der Waals surface area contributed by atoms with E-state index in [4.69, 9.17) is 45.9 Å². The van der Waals surface area contributed by atoms with Crippen LogP contribution in [0, 0.1) is 41.4 Å². The number of unbranched alkanes of at least 4 members (excludes halogenated alkanes) is 15. The minimum absolute atomic E-state index is 0.00129. The Morgan fingerprint density at radius 3 is 1.31 bits per heavy atom. The van der Waals surface area contributed by atoms with Gasteiger partial charge in [0.1, 0.15) is 35.7 Å². The van der Waals surface area contributed by atoms with E-state index in [9.17, 15) is 92.3 Å². The number of phenolic OH excluding ortho intramolecular Hbond substituents is 1. The lowest BCUT2D eigenvalue weighted by Gasteiger charge is -2.28. The molecule has 39 nitrogen and oxygen atoms in total. The lowest BCUT2D eigenvalue weighted by atomic mass is 9.87. The van der Waals surface area contributed by atoms with Gasteiger partial charge in [-0.2, -0.15) is 11.8 Å². The number of aromatic nitrogens is 2. The minimum Gasteiger partial charge on any atom is -0.508 e. The number of nitrogens with two attached hydrogens (primary N) is 8. The van der Waals surface area contributed by atoms with E-state index in [1.54, 1.807) is 20.1 Å². The first-order valence-corrected chi connectivity index (χ1v) is 49.5. The maximum absolute atomic E-state index is 14.9. The molecular weight excluding hydrogens is 1750 g/mol. The fourth-order valence-electron chi connectivity index (χ4n) is 15.8. The molecule has 0 radical (unpaired) electrons. The number of hydrogen-bond donors (Lipinski definition) is 21. The van der Waals surface area contributed by atoms with E-state index in [0.717, 1.165) is 32.6 Å². The fraction of sp³-hybridized carbons (Fsp3) is 0.723. The number of amides is 9. The summed E-state index contributed by atoms with van der Waals surface area (Å²) < 4.78 is 0. The van der Waals surface area contributed by atoms with E-state index in [1.807, 2.05) is 13.8 Å². The molecule has 0 unspecified atom stereocenters. The van der Waals surface area contributed by atoms with Gasteiger partial charge in [0.15, 0.2) is 35.1 Å². The molecular formula is C94H162N20O19S. The third-order valence-electron chi connectivity index (χ3n) is 23.5. The van der Waals surface area contributed by atoms with Gasteiger partial charge in [0.05, 0.1) is 61.5 Å². The van der Waals surface area contributed by atoms with E-state index in [1.165, 1.54) is 99.9 Å². The number of carboxylic acids is 1. The van der Waals surface area contributed by atoms with E-state index < -0.39 is 199 Å². The Morgan fingerprint density at radius 2 is 0.836 bits per heavy atom. The van der Waals surface area contributed by atoms with Crippen LogP contribution in [0.3, 0.4) is 0 Å². The van der Waals surface area contributed by atoms with Crippen LogP contribution < -0.4 is 88.4 Å². The van der Waals surface area contributed by atoms with Crippen LogP contribution in [-0.2, 0) is 84.8 Å². The third-order valence-corrected chi connectivity index (χ3v) is 24.1. The zero-order chi connectivity index (χ0) is 100. The second-order valence-electron chi connectivity index (χ2n) is 36.2. The number of hydrogen-bond acceptors (Lipinski definition) is 25. The van der Waals surface area contributed by atoms with Crippen molar-refractivity contribution in [3.63, 3.8) is 0 Å². The summed E-state index contributed by atoms with van der Waals surface area (Å²) in [6.45, 7) is 10.4. The SMILES string of the molecule is CCCCCCCCCCCCCCCC(=O)C[C@@H](CCCCN)C(=O)N[C@@H](CCCCN)C(=O)C[C@@H](CC(C)C)C(=O)N[C@@H](CCCN=C(N)N)C(=O)C[C@@H](CO)C(=O)N[C@@H](CCSC)C(=O)C[C@H](C(=O)N[C@@H](CC(=O)O)C(=O)C[C@@H](CCCCN)C(=O)N[C@@H](Cc1ccc(O)cc1)C(=O)N[C@@H](CCCN=C(N)N)C(=O)N[C@@H](CC(C)C)C(=O)N[C@@H](Cc1cnc[nH]1)C(N)=O)[C@@H](C)O. The number of imidazole rings is 1. The van der Waals surface area contributed by atoms with Crippen molar-refractivity contribution in [2.24, 2.45) is 97.3 Å². The van der Waals surface area contributed by atoms with E-state index in [-0.39, 0.29) is 151 Å². The number of thioether (sulfide) groups is 1. The smallest absolute Gasteiger partial charge is 0.305 e. The van der Waals surface area contributed by atoms with Crippen molar-refractivity contribution in [1.82, 2.24) is 52.5 Å². The number of aliphatic hydroxyl groups is 2. The Bertz CT molecular complexity index is 3920. The first-order chi connectivity index (χ1) is 63.8. The number of benzene rings is 1. The molecule has 2 aromatic rings. The third kappa shape index (κ3) is 52.2. The molecule has 1 heterocycles. The quantitative estimate of drug-likeness (QED) is 0.0254. The normalized spacial score (nSPS) is 14.5. The van der Waals surface area contributed by atoms with Crippen LogP contribution in [0.2, 0.25) is 0 Å². The molecule has 29 N–H and O–H groups in total. The standard InChI is InChI=1S/C94H162N20O19S/c1-8-9-10-11-12-13-14-15-16-17-18-19-20-31-69(118)49-63(29-21-24-40-95)85(126)107-71(32-23-26-42-97)79(119)51-65(46-59(2)3)87(128)108-72(33-27-43-104-93(99)100)80(120)52-66(57-115)88(129)109-73(39-45-134-7)82(122)54-70(61(6)116)89(130)111-75(55-83(123)124)81(121)50-64(30-22-25-41-96)86(127)113-78(48-62-35-37-68(117)38-36-62)92(133)110-74(34-28-44-105-94(101)102)90(131)114-77(47-60(4)5)91(132)112-76(84(98)125)53-67-56-103-58-106-67/h35-38,56,58-61,63-66,70-78,115-117H,8-34,39-55,57,95-97H2,1-7H3,(H2,98,125)(H,103,106)(H,107,126)(H,108,128)(H,109,129)(H,110,133)(H,111,130)(H,112,132)(H,113,127)(H,114,131)(H,123,124)(H4,99,100,104)(H4,101,102,105)/t61-,63-,64-,65-,66+,70+,71+,72+,73+,74+,75+,76+,77+,78+/m1/s1. The van der Waals surface area contributed by atoms with Crippen LogP contribution in [0.1, 0.15) is 284 Å². The van der Waals surface area contributed by atoms with Crippen molar-refractivity contribution in [3.8, 4) is 5.75 Å². The van der Waals surface area contributed by atoms with Crippen molar-refractivity contribution in [3.05, 3.63) is 48.0 Å². The van der Waals surface area contributed by atoms with Crippen molar-refractivity contribution in [1.29, 1.82) is 0 Å². The molecule has 0 saturated carbocycles. The Hall–Kier alpha value is -10.0. The summed E-state index contributed by atoms with van der Waals surface area (Å²) in [7, 11) is 0. The number of aliphatic carboxylic acids is 1. The molecule has 40 heteroatoms. The van der Waals surface area contributed by atoms with Crippen molar-refractivity contribution >= 4 is 112 Å². The maximum Gasteiger partial charge on any atom is 0.305 e. The number of carbonyl (C=O) groups is 15. The second-order valence-corrected chi connectivity index (χ2v) is 37.2. The zero-order valence-corrected chi connectivity index (χ0v) is 81.1. The second kappa shape index (κ2) is 69.7. The molecule has 1 aromatic carbocycles. The van der Waals surface area contributed by atoms with Gasteiger partial charge in [-0.15, -0.1) is 0 Å². The van der Waals surface area contributed by atoms with Gasteiger partial charge in [-0.1, -0.05) is 137 Å². The number of rotatable bonds is 80. The largest absolute Gasteiger partial charge is 0.508 e. The molecule has 0 saturated heterocycles. The van der Waals surface area contributed by atoms with Crippen molar-refractivity contribution in [2.75, 3.05) is 51.3 Å². The predicted molar refractivity (Wildman–Crippen MR) is 516 cm³/mol. The number of aliphatic imine (C=N–C) groups is 2. The number of nitrogens with zero attached hydrogens (tertiary/aromatic N) is 3. The average molecular weight is 1910 g/mol. The van der Waals surface area contributed by atoms with Crippen LogP contribution in [-0.4, -0.2) is 236 Å². The fourth-order valence-corrected chi connectivity index (χ4v) is 16.2. The first kappa shape index (κ1) is 120. The Labute approximate surface area is 795 Å². The number of aromatic amines is 1. The van der Waals surface area contributed by atoms with Gasteiger partial charge in [-0.05, 0) is 164 Å². The van der Waals surface area contributed by atoms with E-state index in [2.05, 4.69) is 69.4 Å². The number of carboxylic acid groups (broad SMARTS) is 1. The lowest BCUT2D eigenvalue weighted by Crippen LogP contribution is -2.59. The van der Waals surface area contributed by atoms with Crippen LogP contribution in [0.5, 0.6) is 5.75 Å². The van der Waals surface area contributed by atoms with Gasteiger partial charge < -0.3 is 114 Å². The average Bonchev–Trinajstić information content (AvgIpc) is 0.943. The molecule has 0 aliphatic rings. The summed E-state index contributed by atoms with van der Waals surface area (Å²) in [5.41, 5.74) is 46.6. The molecule has 1 aromatic heterocycles. The summed E-state index contributed by atoms with van der Waals surface area (Å²) in [6, 6.07) is -5.87. The first-order valence-electron chi connectivity index (χ1n) is 48.1. The molecule has 0 spiro atoms. The number of aliphatic hydroxyl groups excluding tert-OH is 2. The molecule has 758 valence electrons. The summed E-state index contributed by atoms with van der Waals surface area (Å²) in [6.07, 6.45) is 17.1. The highest BCUT2D eigenvalue weighted by molar-refractivity contribution is 7.98. The highest BCUT2D eigenvalue weighted by atomic mass is 32.2. The summed E-state index contributed by atoms with van der Waals surface area (Å²) >= 11 is 1.27. The van der Waals surface area contributed by atoms with E-state index >= 15 is 0 Å². The maximum atomic E-state index is 14.9. The monoisotopic (exact) mass is 1910 g/mol. The zero-order valence-electron chi connectivity index (χ0n) is 80.3. The Morgan fingerprint density at radius 1 is 0.425 bits per heavy atom. The predicted octanol–water partition coefficient (Wildman–Crippen LogP) is 3.81. The van der Waals surface area contributed by atoms with Crippen LogP contribution >= 0.6 is 11.8 Å². The molecule has 2 rings (SSSR count). The molecule has 134 heavy (non-hydrogen) atoms. The molecule has 14 atom stereocenters. The molecule has 0 aliphatic heterocycles. The van der Waals surface area contributed by atoms with Gasteiger partial charge >= 0.3 is 5.97 Å². The highest BCUT2D eigenvalue weighted by Gasteiger charge is 2.40. The van der Waals surface area contributed by atoms with Gasteiger partial charge in [-0.25, -0.2) is 4.98 Å². The number of ketones is 5. The number of Topliss-reactive ketones (excluding diaryl/α,β-unsaturated/α-hetero) is 5. The van der Waals surface area contributed by atoms with E-state index in [0.29, 0.717) is 75.7 Å². The van der Waals surface area contributed by atoms with Gasteiger partial charge in [-0.3, -0.25) is 81.9 Å². The Kier molecular flexibility index (Phi) is 62.5. The molecule has 0 bridgehead atoms. The van der Waals surface area contributed by atoms with Gasteiger partial charge in [0, 0.05) is 94.1 Å². The molecule has 9 amide bonds. The topological polar surface area (TPSA) is 695 Å². The number of H-pyrrole nitrogens is 1. The molecule has 0 aliphatic carbocycles. The minimum atomic E-state index is -1.93. The number of aromatic hydroxyl groups is 1. The Balaban J connectivity index is 2.51.